The number of nitro benzene ring substituents is 1. The monoisotopic (exact) mass is 336 g/mol. The van der Waals surface area contributed by atoms with Gasteiger partial charge in [0.25, 0.3) is 5.69 Å². The standard InChI is InChI=1S/C15H16N2O5S/c1-16(11-12-22-13-7-3-2-4-8-13)23(20,21)15-10-6-5-9-14(15)17(18)19/h2-10H,11-12H2,1H3. The van der Waals surface area contributed by atoms with Gasteiger partial charge in [-0.15, -0.1) is 0 Å². The summed E-state index contributed by atoms with van der Waals surface area (Å²) >= 11 is 0. The Bertz CT molecular complexity index is 777. The van der Waals surface area contributed by atoms with Gasteiger partial charge < -0.3 is 4.74 Å². The number of sulfonamides is 1. The van der Waals surface area contributed by atoms with Crippen molar-refractivity contribution in [2.24, 2.45) is 0 Å². The second-order valence-corrected chi connectivity index (χ2v) is 6.73. The highest BCUT2D eigenvalue weighted by Crippen LogP contribution is 2.25. The normalized spacial score (nSPS) is 11.4. The van der Waals surface area contributed by atoms with Crippen LogP contribution in [0.2, 0.25) is 0 Å². The average Bonchev–Trinajstić information content (AvgIpc) is 2.55. The van der Waals surface area contributed by atoms with Crippen molar-refractivity contribution >= 4 is 15.7 Å². The van der Waals surface area contributed by atoms with Crippen LogP contribution in [-0.2, 0) is 10.0 Å². The Morgan fingerprint density at radius 1 is 1.09 bits per heavy atom. The number of para-hydroxylation sites is 2. The van der Waals surface area contributed by atoms with Crippen LogP contribution in [-0.4, -0.2) is 37.8 Å². The molecular weight excluding hydrogens is 320 g/mol. The Morgan fingerprint density at radius 2 is 1.70 bits per heavy atom. The predicted octanol–water partition coefficient (Wildman–Crippen LogP) is 2.29. The third-order valence-corrected chi connectivity index (χ3v) is 5.07. The Kier molecular flexibility index (Phi) is 5.30. The number of rotatable bonds is 7. The number of hydrogen-bond donors (Lipinski definition) is 0. The molecule has 2 aromatic carbocycles. The Labute approximate surface area is 134 Å². The van der Waals surface area contributed by atoms with E-state index in [-0.39, 0.29) is 18.0 Å². The van der Waals surface area contributed by atoms with Gasteiger partial charge in [-0.1, -0.05) is 30.3 Å². The first kappa shape index (κ1) is 16.9. The van der Waals surface area contributed by atoms with E-state index in [1.807, 2.05) is 18.2 Å². The van der Waals surface area contributed by atoms with Crippen LogP contribution in [0.3, 0.4) is 0 Å². The molecule has 0 aliphatic heterocycles. The predicted molar refractivity (Wildman–Crippen MR) is 84.8 cm³/mol. The number of likely N-dealkylation sites (N-methyl/N-ethyl adjacent to an activating group) is 1. The molecule has 0 unspecified atom stereocenters. The van der Waals surface area contributed by atoms with E-state index < -0.39 is 20.6 Å². The molecule has 122 valence electrons. The van der Waals surface area contributed by atoms with Crippen molar-refractivity contribution in [1.82, 2.24) is 4.31 Å². The van der Waals surface area contributed by atoms with Crippen molar-refractivity contribution in [2.75, 3.05) is 20.2 Å². The van der Waals surface area contributed by atoms with Crippen LogP contribution in [0.1, 0.15) is 0 Å². The summed E-state index contributed by atoms with van der Waals surface area (Å²) in [6.07, 6.45) is 0. The van der Waals surface area contributed by atoms with Crippen molar-refractivity contribution in [3.63, 3.8) is 0 Å². The van der Waals surface area contributed by atoms with Gasteiger partial charge in [0.15, 0.2) is 4.90 Å². The lowest BCUT2D eigenvalue weighted by molar-refractivity contribution is -0.387. The molecule has 0 saturated heterocycles. The number of ether oxygens (including phenoxy) is 1. The van der Waals surface area contributed by atoms with Gasteiger partial charge in [0.1, 0.15) is 12.4 Å². The van der Waals surface area contributed by atoms with Crippen molar-refractivity contribution < 1.29 is 18.1 Å². The van der Waals surface area contributed by atoms with Gasteiger partial charge in [-0.3, -0.25) is 10.1 Å². The van der Waals surface area contributed by atoms with Crippen molar-refractivity contribution in [3.8, 4) is 5.75 Å². The molecule has 0 N–H and O–H groups in total. The zero-order valence-corrected chi connectivity index (χ0v) is 13.3. The third kappa shape index (κ3) is 4.05. The molecule has 0 aromatic heterocycles. The molecule has 0 atom stereocenters. The summed E-state index contributed by atoms with van der Waals surface area (Å²) < 4.78 is 31.4. The molecule has 0 fully saturated rings. The Balaban J connectivity index is 2.09. The zero-order chi connectivity index (χ0) is 16.9. The molecule has 0 bridgehead atoms. The second-order valence-electron chi connectivity index (χ2n) is 4.71. The lowest BCUT2D eigenvalue weighted by atomic mass is 10.3. The molecule has 0 heterocycles. The van der Waals surface area contributed by atoms with Crippen LogP contribution >= 0.6 is 0 Å². The molecule has 2 rings (SSSR count). The topological polar surface area (TPSA) is 89.8 Å². The second kappa shape index (κ2) is 7.21. The van der Waals surface area contributed by atoms with E-state index in [1.54, 1.807) is 12.1 Å². The molecule has 0 aliphatic rings. The van der Waals surface area contributed by atoms with Gasteiger partial charge >= 0.3 is 0 Å². The molecular formula is C15H16N2O5S. The molecule has 0 spiro atoms. The Hall–Kier alpha value is -2.45. The smallest absolute Gasteiger partial charge is 0.289 e. The van der Waals surface area contributed by atoms with Crippen LogP contribution in [0.4, 0.5) is 5.69 Å². The fourth-order valence-corrected chi connectivity index (χ4v) is 3.23. The molecule has 23 heavy (non-hydrogen) atoms. The van der Waals surface area contributed by atoms with E-state index in [4.69, 9.17) is 4.74 Å². The maximum absolute atomic E-state index is 12.5. The highest BCUT2D eigenvalue weighted by atomic mass is 32.2. The Morgan fingerprint density at radius 3 is 2.35 bits per heavy atom. The summed E-state index contributed by atoms with van der Waals surface area (Å²) in [5.41, 5.74) is -0.441. The minimum Gasteiger partial charge on any atom is -0.492 e. The summed E-state index contributed by atoms with van der Waals surface area (Å²) in [7, 11) is -2.60. The summed E-state index contributed by atoms with van der Waals surface area (Å²) in [6.45, 7) is 0.212. The van der Waals surface area contributed by atoms with E-state index >= 15 is 0 Å². The SMILES string of the molecule is CN(CCOc1ccccc1)S(=O)(=O)c1ccccc1[N+](=O)[O-]. The molecule has 0 amide bonds. The number of hydrogen-bond acceptors (Lipinski definition) is 5. The van der Waals surface area contributed by atoms with Gasteiger partial charge in [0, 0.05) is 19.7 Å². The van der Waals surface area contributed by atoms with Gasteiger partial charge in [-0.25, -0.2) is 8.42 Å². The molecule has 8 heteroatoms. The van der Waals surface area contributed by atoms with E-state index in [0.717, 1.165) is 4.31 Å². The highest BCUT2D eigenvalue weighted by molar-refractivity contribution is 7.89. The number of nitrogens with zero attached hydrogens (tertiary/aromatic N) is 2. The van der Waals surface area contributed by atoms with Crippen molar-refractivity contribution in [2.45, 2.75) is 4.90 Å². The summed E-state index contributed by atoms with van der Waals surface area (Å²) in [4.78, 5) is 9.95. The van der Waals surface area contributed by atoms with Gasteiger partial charge in [-0.2, -0.15) is 4.31 Å². The zero-order valence-electron chi connectivity index (χ0n) is 12.5. The van der Waals surface area contributed by atoms with E-state index in [1.165, 1.54) is 31.3 Å². The van der Waals surface area contributed by atoms with E-state index in [2.05, 4.69) is 0 Å². The van der Waals surface area contributed by atoms with Crippen LogP contribution in [0.5, 0.6) is 5.75 Å². The fourth-order valence-electron chi connectivity index (χ4n) is 1.92. The molecule has 0 saturated carbocycles. The quantitative estimate of drug-likeness (QED) is 0.571. The van der Waals surface area contributed by atoms with Crippen LogP contribution < -0.4 is 4.74 Å². The van der Waals surface area contributed by atoms with Crippen LogP contribution in [0, 0.1) is 10.1 Å². The summed E-state index contributed by atoms with van der Waals surface area (Å²) in [5, 5.41) is 11.0. The van der Waals surface area contributed by atoms with E-state index in [0.29, 0.717) is 5.75 Å². The fraction of sp³-hybridized carbons (Fsp3) is 0.200. The van der Waals surface area contributed by atoms with Crippen LogP contribution in [0.25, 0.3) is 0 Å². The molecule has 2 aromatic rings. The van der Waals surface area contributed by atoms with Crippen LogP contribution in [0.15, 0.2) is 59.5 Å². The lowest BCUT2D eigenvalue weighted by Crippen LogP contribution is -2.31. The summed E-state index contributed by atoms with van der Waals surface area (Å²) in [5.74, 6) is 0.629. The van der Waals surface area contributed by atoms with Gasteiger partial charge in [-0.05, 0) is 18.2 Å². The number of nitro groups is 1. The maximum atomic E-state index is 12.5. The maximum Gasteiger partial charge on any atom is 0.289 e. The minimum absolute atomic E-state index is 0.0727. The number of benzene rings is 2. The third-order valence-electron chi connectivity index (χ3n) is 3.17. The first-order valence-electron chi connectivity index (χ1n) is 6.80. The van der Waals surface area contributed by atoms with E-state index in [9.17, 15) is 18.5 Å². The first-order valence-corrected chi connectivity index (χ1v) is 8.24. The summed E-state index contributed by atoms with van der Waals surface area (Å²) in [6, 6.07) is 14.3. The molecule has 7 nitrogen and oxygen atoms in total. The van der Waals surface area contributed by atoms with Gasteiger partial charge in [0.05, 0.1) is 4.92 Å². The molecule has 0 aliphatic carbocycles. The van der Waals surface area contributed by atoms with Gasteiger partial charge in [0.2, 0.25) is 10.0 Å². The minimum atomic E-state index is -3.96. The average molecular weight is 336 g/mol. The van der Waals surface area contributed by atoms with Crippen molar-refractivity contribution in [1.29, 1.82) is 0 Å². The largest absolute Gasteiger partial charge is 0.492 e. The first-order chi connectivity index (χ1) is 10.9. The molecule has 0 radical (unpaired) electrons. The highest BCUT2D eigenvalue weighted by Gasteiger charge is 2.28. The van der Waals surface area contributed by atoms with Crippen molar-refractivity contribution in [3.05, 3.63) is 64.7 Å². The lowest BCUT2D eigenvalue weighted by Gasteiger charge is -2.17.